The molecule has 0 unspecified atom stereocenters. The van der Waals surface area contributed by atoms with Gasteiger partial charge in [0.05, 0.1) is 6.54 Å². The van der Waals surface area contributed by atoms with E-state index in [1.54, 1.807) is 0 Å². The number of hydrogen-bond donors (Lipinski definition) is 3. The molecule has 0 bridgehead atoms. The summed E-state index contributed by atoms with van der Waals surface area (Å²) in [6.45, 7) is 8.58. The molecule has 0 aliphatic carbocycles. The highest BCUT2D eigenvalue weighted by Gasteiger charge is 2.35. The van der Waals surface area contributed by atoms with Crippen LogP contribution in [0.4, 0.5) is 0 Å². The van der Waals surface area contributed by atoms with E-state index in [1.165, 1.54) is 13.8 Å². The third-order valence-corrected chi connectivity index (χ3v) is 2.76. The van der Waals surface area contributed by atoms with Gasteiger partial charge in [0, 0.05) is 6.92 Å². The first-order valence-corrected chi connectivity index (χ1v) is 6.25. The Bertz CT molecular complexity index is 360. The molecule has 0 heterocycles. The number of carbonyl (C=O) groups is 3. The van der Waals surface area contributed by atoms with Crippen LogP contribution >= 0.6 is 0 Å². The highest BCUT2D eigenvalue weighted by molar-refractivity contribution is 5.89. The van der Waals surface area contributed by atoms with Gasteiger partial charge in [-0.25, -0.2) is 4.79 Å². The lowest BCUT2D eigenvalue weighted by Gasteiger charge is -2.29. The van der Waals surface area contributed by atoms with Crippen molar-refractivity contribution in [1.82, 2.24) is 10.6 Å². The van der Waals surface area contributed by atoms with E-state index in [0.29, 0.717) is 12.8 Å². The van der Waals surface area contributed by atoms with E-state index in [9.17, 15) is 19.5 Å². The number of aliphatic carboxylic acids is 1. The Morgan fingerprint density at radius 1 is 1.05 bits per heavy atom. The molecule has 19 heavy (non-hydrogen) atoms. The summed E-state index contributed by atoms with van der Waals surface area (Å²) >= 11 is 0. The molecule has 0 aromatic rings. The minimum Gasteiger partial charge on any atom is -0.480 e. The van der Waals surface area contributed by atoms with Gasteiger partial charge in [0.25, 0.3) is 0 Å². The molecular weight excluding hydrogens is 248 g/mol. The van der Waals surface area contributed by atoms with E-state index in [4.69, 9.17) is 0 Å². The van der Waals surface area contributed by atoms with E-state index in [0.717, 1.165) is 0 Å². The molecule has 0 aromatic carbocycles. The summed E-state index contributed by atoms with van der Waals surface area (Å²) in [5.41, 5.74) is -1.33. The molecule has 0 saturated heterocycles. The monoisotopic (exact) mass is 272 g/mol. The second kappa shape index (κ2) is 6.54. The van der Waals surface area contributed by atoms with Crippen LogP contribution in [0.1, 0.15) is 47.5 Å². The lowest BCUT2D eigenvalue weighted by Crippen LogP contribution is -2.54. The topological polar surface area (TPSA) is 95.5 Å². The SMILES string of the molecule is CC(=O)NCC(=O)N[C@@](C)(CCC(C)(C)C)C(=O)O. The van der Waals surface area contributed by atoms with Crippen molar-refractivity contribution in [2.24, 2.45) is 5.41 Å². The van der Waals surface area contributed by atoms with Gasteiger partial charge in [-0.05, 0) is 25.2 Å². The Kier molecular flexibility index (Phi) is 5.99. The van der Waals surface area contributed by atoms with Crippen molar-refractivity contribution < 1.29 is 19.5 Å². The smallest absolute Gasteiger partial charge is 0.329 e. The number of amides is 2. The zero-order valence-corrected chi connectivity index (χ0v) is 12.3. The Labute approximate surface area is 113 Å². The fourth-order valence-electron chi connectivity index (χ4n) is 1.40. The van der Waals surface area contributed by atoms with Crippen LogP contribution in [0, 0.1) is 5.41 Å². The van der Waals surface area contributed by atoms with Crippen molar-refractivity contribution >= 4 is 17.8 Å². The van der Waals surface area contributed by atoms with Gasteiger partial charge < -0.3 is 15.7 Å². The van der Waals surface area contributed by atoms with Gasteiger partial charge in [0.1, 0.15) is 5.54 Å². The number of rotatable bonds is 6. The standard InChI is InChI=1S/C13H24N2O4/c1-9(16)14-8-10(17)15-13(5,11(18)19)7-6-12(2,3)4/h6-8H2,1-5H3,(H,14,16)(H,15,17)(H,18,19)/t13-/m0/s1. The predicted molar refractivity (Wildman–Crippen MR) is 71.6 cm³/mol. The number of hydrogen-bond acceptors (Lipinski definition) is 3. The quantitative estimate of drug-likeness (QED) is 0.669. The maximum atomic E-state index is 11.6. The van der Waals surface area contributed by atoms with Crippen LogP contribution in [0.25, 0.3) is 0 Å². The molecule has 0 radical (unpaired) electrons. The van der Waals surface area contributed by atoms with Crippen molar-refractivity contribution in [2.45, 2.75) is 53.0 Å². The average Bonchev–Trinajstić information content (AvgIpc) is 2.22. The molecule has 2 amide bonds. The number of carboxylic acids is 1. The number of carbonyl (C=O) groups excluding carboxylic acids is 2. The Morgan fingerprint density at radius 3 is 1.95 bits per heavy atom. The molecular formula is C13H24N2O4. The van der Waals surface area contributed by atoms with Gasteiger partial charge >= 0.3 is 5.97 Å². The maximum absolute atomic E-state index is 11.6. The third-order valence-electron chi connectivity index (χ3n) is 2.76. The van der Waals surface area contributed by atoms with E-state index in [-0.39, 0.29) is 17.9 Å². The van der Waals surface area contributed by atoms with Crippen LogP contribution in [-0.2, 0) is 14.4 Å². The second-order valence-electron chi connectivity index (χ2n) is 6.16. The van der Waals surface area contributed by atoms with Crippen LogP contribution < -0.4 is 10.6 Å². The fraction of sp³-hybridized carbons (Fsp3) is 0.769. The molecule has 6 heteroatoms. The van der Waals surface area contributed by atoms with E-state index < -0.39 is 17.4 Å². The first kappa shape index (κ1) is 17.4. The third kappa shape index (κ3) is 7.43. The molecule has 0 rings (SSSR count). The van der Waals surface area contributed by atoms with Gasteiger partial charge in [-0.1, -0.05) is 20.8 Å². The zero-order valence-electron chi connectivity index (χ0n) is 12.3. The predicted octanol–water partition coefficient (Wildman–Crippen LogP) is 0.908. The van der Waals surface area contributed by atoms with Gasteiger partial charge in [-0.3, -0.25) is 9.59 Å². The average molecular weight is 272 g/mol. The van der Waals surface area contributed by atoms with Crippen molar-refractivity contribution in [3.8, 4) is 0 Å². The van der Waals surface area contributed by atoms with Crippen LogP contribution in [-0.4, -0.2) is 35.0 Å². The van der Waals surface area contributed by atoms with Crippen LogP contribution in [0.5, 0.6) is 0 Å². The minimum absolute atomic E-state index is 0.0148. The van der Waals surface area contributed by atoms with Gasteiger partial charge in [0.15, 0.2) is 0 Å². The Hall–Kier alpha value is -1.59. The minimum atomic E-state index is -1.32. The van der Waals surface area contributed by atoms with Crippen LogP contribution in [0.15, 0.2) is 0 Å². The summed E-state index contributed by atoms with van der Waals surface area (Å²) in [7, 11) is 0. The summed E-state index contributed by atoms with van der Waals surface area (Å²) in [6, 6.07) is 0. The Morgan fingerprint density at radius 2 is 1.58 bits per heavy atom. The lowest BCUT2D eigenvalue weighted by molar-refractivity contribution is -0.147. The number of nitrogens with one attached hydrogen (secondary N) is 2. The molecule has 110 valence electrons. The fourth-order valence-corrected chi connectivity index (χ4v) is 1.40. The van der Waals surface area contributed by atoms with E-state index in [1.807, 2.05) is 20.8 Å². The largest absolute Gasteiger partial charge is 0.480 e. The van der Waals surface area contributed by atoms with Crippen LogP contribution in [0.2, 0.25) is 0 Å². The highest BCUT2D eigenvalue weighted by atomic mass is 16.4. The highest BCUT2D eigenvalue weighted by Crippen LogP contribution is 2.25. The summed E-state index contributed by atoms with van der Waals surface area (Å²) in [5, 5.41) is 14.1. The summed E-state index contributed by atoms with van der Waals surface area (Å²) in [4.78, 5) is 33.6. The van der Waals surface area contributed by atoms with Crippen molar-refractivity contribution in [2.75, 3.05) is 6.54 Å². The van der Waals surface area contributed by atoms with Crippen molar-refractivity contribution in [3.63, 3.8) is 0 Å². The van der Waals surface area contributed by atoms with Crippen molar-refractivity contribution in [1.29, 1.82) is 0 Å². The van der Waals surface area contributed by atoms with E-state index >= 15 is 0 Å². The molecule has 0 saturated carbocycles. The van der Waals surface area contributed by atoms with Crippen molar-refractivity contribution in [3.05, 3.63) is 0 Å². The molecule has 1 atom stereocenters. The first-order valence-electron chi connectivity index (χ1n) is 6.25. The summed E-state index contributed by atoms with van der Waals surface area (Å²) < 4.78 is 0. The van der Waals surface area contributed by atoms with Gasteiger partial charge in [-0.2, -0.15) is 0 Å². The maximum Gasteiger partial charge on any atom is 0.329 e. The Balaban J connectivity index is 4.58. The molecule has 0 aromatic heterocycles. The number of carboxylic acid groups (broad SMARTS) is 1. The molecule has 0 aliphatic rings. The van der Waals surface area contributed by atoms with Gasteiger partial charge in [-0.15, -0.1) is 0 Å². The first-order chi connectivity index (χ1) is 8.46. The molecule has 0 spiro atoms. The molecule has 3 N–H and O–H groups in total. The van der Waals surface area contributed by atoms with E-state index in [2.05, 4.69) is 10.6 Å². The zero-order chi connectivity index (χ0) is 15.3. The molecule has 0 fully saturated rings. The lowest BCUT2D eigenvalue weighted by atomic mass is 9.84. The summed E-state index contributed by atoms with van der Waals surface area (Å²) in [6.07, 6.45) is 0.994. The normalized spacial score (nSPS) is 14.4. The van der Waals surface area contributed by atoms with Gasteiger partial charge in [0.2, 0.25) is 11.8 Å². The summed E-state index contributed by atoms with van der Waals surface area (Å²) in [5.74, 6) is -1.91. The van der Waals surface area contributed by atoms with Crippen LogP contribution in [0.3, 0.4) is 0 Å². The second-order valence-corrected chi connectivity index (χ2v) is 6.16. The molecule has 0 aliphatic heterocycles. The molecule has 6 nitrogen and oxygen atoms in total.